The molecule has 5 heteroatoms. The molecule has 0 bridgehead atoms. The molecule has 106 valence electrons. The summed E-state index contributed by atoms with van der Waals surface area (Å²) in [5.41, 5.74) is 1.53. The predicted molar refractivity (Wildman–Crippen MR) is 73.1 cm³/mol. The van der Waals surface area contributed by atoms with Crippen LogP contribution < -0.4 is 0 Å². The van der Waals surface area contributed by atoms with Gasteiger partial charge in [-0.1, -0.05) is 0 Å². The third kappa shape index (κ3) is 3.15. The quantitative estimate of drug-likeness (QED) is 0.831. The molecule has 1 aromatic heterocycles. The molecule has 1 amide bonds. The molecule has 19 heavy (non-hydrogen) atoms. The second kappa shape index (κ2) is 6.19. The van der Waals surface area contributed by atoms with Gasteiger partial charge in [0, 0.05) is 33.9 Å². The lowest BCUT2D eigenvalue weighted by Gasteiger charge is -2.32. The van der Waals surface area contributed by atoms with Crippen LogP contribution in [-0.4, -0.2) is 47.2 Å². The Morgan fingerprint density at radius 2 is 2.16 bits per heavy atom. The highest BCUT2D eigenvalue weighted by molar-refractivity contribution is 5.93. The minimum absolute atomic E-state index is 0.114. The number of carbonyl (C=O) groups excluding carboxylic acids is 1. The van der Waals surface area contributed by atoms with Crippen molar-refractivity contribution in [3.05, 3.63) is 17.7 Å². The number of hydrogen-bond acceptors (Lipinski definition) is 3. The number of hydrogen-bond donors (Lipinski definition) is 0. The zero-order chi connectivity index (χ0) is 13.8. The molecule has 0 radical (unpaired) electrons. The normalized spacial score (nSPS) is 16.9. The first kappa shape index (κ1) is 14.1. The summed E-state index contributed by atoms with van der Waals surface area (Å²) in [6, 6.07) is 0. The largest absolute Gasteiger partial charge is 0.385 e. The van der Waals surface area contributed by atoms with Crippen LogP contribution in [0.2, 0.25) is 0 Å². The van der Waals surface area contributed by atoms with Crippen molar-refractivity contribution in [3.8, 4) is 0 Å². The average molecular weight is 265 g/mol. The van der Waals surface area contributed by atoms with Gasteiger partial charge in [-0.2, -0.15) is 0 Å². The number of rotatable bonds is 4. The van der Waals surface area contributed by atoms with Gasteiger partial charge in [0.25, 0.3) is 5.91 Å². The van der Waals surface area contributed by atoms with Crippen LogP contribution in [0.5, 0.6) is 0 Å². The van der Waals surface area contributed by atoms with E-state index in [0.717, 1.165) is 50.3 Å². The molecule has 1 aliphatic heterocycles. The van der Waals surface area contributed by atoms with Crippen molar-refractivity contribution in [2.24, 2.45) is 13.0 Å². The molecule has 1 aliphatic rings. The van der Waals surface area contributed by atoms with Crippen molar-refractivity contribution in [1.82, 2.24) is 14.5 Å². The fourth-order valence-corrected chi connectivity index (χ4v) is 2.71. The van der Waals surface area contributed by atoms with Gasteiger partial charge >= 0.3 is 0 Å². The summed E-state index contributed by atoms with van der Waals surface area (Å²) in [4.78, 5) is 18.6. The van der Waals surface area contributed by atoms with Crippen LogP contribution in [0.1, 0.15) is 35.4 Å². The van der Waals surface area contributed by atoms with E-state index < -0.39 is 0 Å². The van der Waals surface area contributed by atoms with E-state index in [2.05, 4.69) is 4.98 Å². The third-order valence-electron chi connectivity index (χ3n) is 3.95. The second-order valence-corrected chi connectivity index (χ2v) is 5.31. The van der Waals surface area contributed by atoms with Crippen molar-refractivity contribution in [3.63, 3.8) is 0 Å². The van der Waals surface area contributed by atoms with Crippen molar-refractivity contribution in [2.75, 3.05) is 26.8 Å². The molecule has 0 spiro atoms. The SMILES string of the molecule is COCCC1CCN(C(=O)c2c(C)ncn2C)CC1. The first-order valence-corrected chi connectivity index (χ1v) is 6.89. The fraction of sp³-hybridized carbons (Fsp3) is 0.714. The van der Waals surface area contributed by atoms with Crippen LogP contribution in [0.4, 0.5) is 0 Å². The summed E-state index contributed by atoms with van der Waals surface area (Å²) in [6.07, 6.45) is 4.95. The first-order chi connectivity index (χ1) is 9.13. The zero-order valence-electron chi connectivity index (χ0n) is 12.1. The van der Waals surface area contributed by atoms with Gasteiger partial charge in [-0.3, -0.25) is 4.79 Å². The van der Waals surface area contributed by atoms with Crippen molar-refractivity contribution < 1.29 is 9.53 Å². The van der Waals surface area contributed by atoms with E-state index >= 15 is 0 Å². The zero-order valence-corrected chi connectivity index (χ0v) is 12.1. The molecule has 1 fully saturated rings. The summed E-state index contributed by atoms with van der Waals surface area (Å²) < 4.78 is 6.93. The lowest BCUT2D eigenvalue weighted by molar-refractivity contribution is 0.0659. The minimum Gasteiger partial charge on any atom is -0.385 e. The second-order valence-electron chi connectivity index (χ2n) is 5.31. The fourth-order valence-electron chi connectivity index (χ4n) is 2.71. The number of piperidine rings is 1. The molecular formula is C14H23N3O2. The van der Waals surface area contributed by atoms with Gasteiger partial charge in [0.15, 0.2) is 0 Å². The Morgan fingerprint density at radius 1 is 1.47 bits per heavy atom. The van der Waals surface area contributed by atoms with E-state index in [-0.39, 0.29) is 5.91 Å². The van der Waals surface area contributed by atoms with Gasteiger partial charge in [-0.25, -0.2) is 4.98 Å². The van der Waals surface area contributed by atoms with E-state index in [0.29, 0.717) is 5.92 Å². The average Bonchev–Trinajstić information content (AvgIpc) is 2.76. The minimum atomic E-state index is 0.114. The van der Waals surface area contributed by atoms with Gasteiger partial charge in [0.1, 0.15) is 5.69 Å². The Bertz CT molecular complexity index is 414. The van der Waals surface area contributed by atoms with Gasteiger partial charge in [0.05, 0.1) is 12.0 Å². The van der Waals surface area contributed by atoms with E-state index in [4.69, 9.17) is 4.74 Å². The molecule has 0 aliphatic carbocycles. The highest BCUT2D eigenvalue weighted by atomic mass is 16.5. The molecule has 0 unspecified atom stereocenters. The molecule has 1 aromatic rings. The predicted octanol–water partition coefficient (Wildman–Crippen LogP) is 1.62. The molecule has 0 aromatic carbocycles. The van der Waals surface area contributed by atoms with Gasteiger partial charge in [-0.05, 0) is 32.1 Å². The van der Waals surface area contributed by atoms with Crippen LogP contribution in [-0.2, 0) is 11.8 Å². The lowest BCUT2D eigenvalue weighted by Crippen LogP contribution is -2.39. The number of carbonyl (C=O) groups is 1. The van der Waals surface area contributed by atoms with Gasteiger partial charge in [0.2, 0.25) is 0 Å². The van der Waals surface area contributed by atoms with Crippen LogP contribution >= 0.6 is 0 Å². The summed E-state index contributed by atoms with van der Waals surface area (Å²) >= 11 is 0. The number of likely N-dealkylation sites (tertiary alicyclic amines) is 1. The van der Waals surface area contributed by atoms with E-state index in [1.807, 2.05) is 23.4 Å². The van der Waals surface area contributed by atoms with Gasteiger partial charge < -0.3 is 14.2 Å². The lowest BCUT2D eigenvalue weighted by atomic mass is 9.94. The smallest absolute Gasteiger partial charge is 0.272 e. The summed E-state index contributed by atoms with van der Waals surface area (Å²) in [7, 11) is 3.61. The molecular weight excluding hydrogens is 242 g/mol. The summed E-state index contributed by atoms with van der Waals surface area (Å²) in [6.45, 7) is 4.40. The maximum Gasteiger partial charge on any atom is 0.272 e. The molecule has 2 rings (SSSR count). The van der Waals surface area contributed by atoms with E-state index in [1.165, 1.54) is 0 Å². The van der Waals surface area contributed by atoms with Crippen LogP contribution in [0, 0.1) is 12.8 Å². The number of nitrogens with zero attached hydrogens (tertiary/aromatic N) is 3. The molecule has 0 saturated carbocycles. The van der Waals surface area contributed by atoms with Crippen LogP contribution in [0.15, 0.2) is 6.33 Å². The van der Waals surface area contributed by atoms with Crippen molar-refractivity contribution in [1.29, 1.82) is 0 Å². The summed E-state index contributed by atoms with van der Waals surface area (Å²) in [5.74, 6) is 0.805. The first-order valence-electron chi connectivity index (χ1n) is 6.89. The Labute approximate surface area is 114 Å². The Hall–Kier alpha value is -1.36. The number of aryl methyl sites for hydroxylation is 2. The molecule has 2 heterocycles. The van der Waals surface area contributed by atoms with Gasteiger partial charge in [-0.15, -0.1) is 0 Å². The molecule has 5 nitrogen and oxygen atoms in total. The van der Waals surface area contributed by atoms with Crippen LogP contribution in [0.3, 0.4) is 0 Å². The maximum atomic E-state index is 12.5. The number of ether oxygens (including phenoxy) is 1. The third-order valence-corrected chi connectivity index (χ3v) is 3.95. The van der Waals surface area contributed by atoms with Crippen LogP contribution in [0.25, 0.3) is 0 Å². The van der Waals surface area contributed by atoms with E-state index in [1.54, 1.807) is 13.4 Å². The van der Waals surface area contributed by atoms with Crippen molar-refractivity contribution in [2.45, 2.75) is 26.2 Å². The molecule has 0 atom stereocenters. The number of imidazole rings is 1. The molecule has 1 saturated heterocycles. The van der Waals surface area contributed by atoms with E-state index in [9.17, 15) is 4.79 Å². The Morgan fingerprint density at radius 3 is 2.68 bits per heavy atom. The number of methoxy groups -OCH3 is 1. The highest BCUT2D eigenvalue weighted by Crippen LogP contribution is 2.22. The standard InChI is InChI=1S/C14H23N3O2/c1-11-13(16(2)10-15-11)14(18)17-7-4-12(5-8-17)6-9-19-3/h10,12H,4-9H2,1-3H3. The topological polar surface area (TPSA) is 47.4 Å². The van der Waals surface area contributed by atoms with Crippen molar-refractivity contribution >= 4 is 5.91 Å². The maximum absolute atomic E-state index is 12.5. The summed E-state index contributed by atoms with van der Waals surface area (Å²) in [5, 5.41) is 0. The number of aromatic nitrogens is 2. The highest BCUT2D eigenvalue weighted by Gasteiger charge is 2.26. The monoisotopic (exact) mass is 265 g/mol. The molecule has 0 N–H and O–H groups in total. The Kier molecular flexibility index (Phi) is 4.58. The Balaban J connectivity index is 1.93. The number of amides is 1.